The molecule has 0 aromatic rings. The minimum absolute atomic E-state index is 0.375. The average Bonchev–Trinajstić information content (AvgIpc) is 3.15. The van der Waals surface area contributed by atoms with Gasteiger partial charge < -0.3 is 4.90 Å². The lowest BCUT2D eigenvalue weighted by molar-refractivity contribution is -0.136. The summed E-state index contributed by atoms with van der Waals surface area (Å²) in [6, 6.07) is 0.481. The average molecular weight is 207 g/mol. The van der Waals surface area contributed by atoms with Crippen molar-refractivity contribution in [3.63, 3.8) is 0 Å². The fourth-order valence-electron chi connectivity index (χ4n) is 3.30. The lowest BCUT2D eigenvalue weighted by Gasteiger charge is -2.28. The van der Waals surface area contributed by atoms with Gasteiger partial charge in [0.25, 0.3) is 0 Å². The highest BCUT2D eigenvalue weighted by molar-refractivity contribution is 5.79. The van der Waals surface area contributed by atoms with Gasteiger partial charge >= 0.3 is 0 Å². The summed E-state index contributed by atoms with van der Waals surface area (Å²) in [5.41, 5.74) is 0. The molecule has 15 heavy (non-hydrogen) atoms. The molecule has 0 saturated heterocycles. The van der Waals surface area contributed by atoms with E-state index in [4.69, 9.17) is 0 Å². The Morgan fingerprint density at radius 3 is 2.33 bits per heavy atom. The summed E-state index contributed by atoms with van der Waals surface area (Å²) in [5.74, 6) is 3.45. The summed E-state index contributed by atoms with van der Waals surface area (Å²) in [7, 11) is 2.01. The van der Waals surface area contributed by atoms with E-state index in [1.54, 1.807) is 0 Å². The van der Waals surface area contributed by atoms with Crippen molar-refractivity contribution in [1.82, 2.24) is 4.90 Å². The smallest absolute Gasteiger partial charge is 0.225 e. The van der Waals surface area contributed by atoms with Gasteiger partial charge in [-0.25, -0.2) is 0 Å². The summed E-state index contributed by atoms with van der Waals surface area (Å²) >= 11 is 0. The van der Waals surface area contributed by atoms with Gasteiger partial charge in [-0.3, -0.25) is 4.79 Å². The van der Waals surface area contributed by atoms with Crippen LogP contribution in [0.15, 0.2) is 0 Å². The molecule has 3 fully saturated rings. The van der Waals surface area contributed by atoms with Crippen molar-refractivity contribution < 1.29 is 4.79 Å². The third-order valence-corrected chi connectivity index (χ3v) is 4.86. The highest BCUT2D eigenvalue weighted by Gasteiger charge is 2.49. The number of amides is 1. The predicted molar refractivity (Wildman–Crippen MR) is 59.3 cm³/mol. The molecule has 0 bridgehead atoms. The first kappa shape index (κ1) is 9.68. The molecule has 2 nitrogen and oxygen atoms in total. The van der Waals surface area contributed by atoms with E-state index in [0.717, 1.165) is 17.8 Å². The van der Waals surface area contributed by atoms with Crippen LogP contribution >= 0.6 is 0 Å². The molecule has 0 aromatic carbocycles. The highest BCUT2D eigenvalue weighted by Crippen LogP contribution is 2.54. The van der Waals surface area contributed by atoms with E-state index in [1.165, 1.54) is 32.1 Å². The van der Waals surface area contributed by atoms with E-state index in [-0.39, 0.29) is 0 Å². The molecule has 3 aliphatic rings. The molecule has 0 heterocycles. The van der Waals surface area contributed by atoms with Crippen LogP contribution in [0.5, 0.6) is 0 Å². The van der Waals surface area contributed by atoms with Crippen LogP contribution < -0.4 is 0 Å². The topological polar surface area (TPSA) is 20.3 Å². The maximum Gasteiger partial charge on any atom is 0.225 e. The molecule has 0 aliphatic heterocycles. The predicted octanol–water partition coefficient (Wildman–Crippen LogP) is 2.29. The molecule has 0 spiro atoms. The number of carbonyl (C=O) groups excluding carboxylic acids is 1. The van der Waals surface area contributed by atoms with Crippen molar-refractivity contribution in [3.05, 3.63) is 0 Å². The van der Waals surface area contributed by atoms with Crippen LogP contribution in [0.25, 0.3) is 0 Å². The van der Waals surface area contributed by atoms with Crippen LogP contribution in [0.4, 0.5) is 0 Å². The first-order valence-corrected chi connectivity index (χ1v) is 6.43. The molecular weight excluding hydrogens is 186 g/mol. The quantitative estimate of drug-likeness (QED) is 0.695. The van der Waals surface area contributed by atoms with Gasteiger partial charge in [0.1, 0.15) is 0 Å². The highest BCUT2D eigenvalue weighted by atomic mass is 16.2. The van der Waals surface area contributed by atoms with Gasteiger partial charge in [-0.1, -0.05) is 0 Å². The lowest BCUT2D eigenvalue weighted by atomic mass is 10.0. The molecule has 3 saturated carbocycles. The van der Waals surface area contributed by atoms with E-state index < -0.39 is 0 Å². The lowest BCUT2D eigenvalue weighted by Crippen LogP contribution is -2.40. The fraction of sp³-hybridized carbons (Fsp3) is 0.923. The Bertz CT molecular complexity index is 274. The minimum atomic E-state index is 0.375. The monoisotopic (exact) mass is 207 g/mol. The second kappa shape index (κ2) is 3.23. The van der Waals surface area contributed by atoms with Gasteiger partial charge in [-0.15, -0.1) is 0 Å². The Hall–Kier alpha value is -0.530. The van der Waals surface area contributed by atoms with Crippen molar-refractivity contribution in [2.24, 2.45) is 23.7 Å². The van der Waals surface area contributed by atoms with Crippen molar-refractivity contribution in [2.45, 2.75) is 45.1 Å². The van der Waals surface area contributed by atoms with Gasteiger partial charge in [0.05, 0.1) is 0 Å². The first-order valence-electron chi connectivity index (χ1n) is 6.43. The molecule has 0 aromatic heterocycles. The Morgan fingerprint density at radius 2 is 1.80 bits per heavy atom. The van der Waals surface area contributed by atoms with Crippen molar-refractivity contribution in [3.8, 4) is 0 Å². The van der Waals surface area contributed by atoms with E-state index >= 15 is 0 Å². The van der Waals surface area contributed by atoms with E-state index in [9.17, 15) is 4.79 Å². The zero-order valence-electron chi connectivity index (χ0n) is 9.78. The van der Waals surface area contributed by atoms with Gasteiger partial charge in [0.15, 0.2) is 0 Å². The molecule has 84 valence electrons. The normalized spacial score (nSPS) is 39.7. The third-order valence-electron chi connectivity index (χ3n) is 4.86. The minimum Gasteiger partial charge on any atom is -0.343 e. The summed E-state index contributed by atoms with van der Waals surface area (Å²) < 4.78 is 0. The molecule has 0 radical (unpaired) electrons. The summed E-state index contributed by atoms with van der Waals surface area (Å²) in [5, 5.41) is 0. The van der Waals surface area contributed by atoms with Crippen LogP contribution in [0.3, 0.4) is 0 Å². The van der Waals surface area contributed by atoms with Gasteiger partial charge in [0.2, 0.25) is 5.91 Å². The van der Waals surface area contributed by atoms with Gasteiger partial charge in [0, 0.05) is 19.0 Å². The summed E-state index contributed by atoms with van der Waals surface area (Å²) in [6.45, 7) is 2.21. The number of rotatable bonds is 3. The largest absolute Gasteiger partial charge is 0.343 e. The number of hydrogen-bond acceptors (Lipinski definition) is 1. The van der Waals surface area contributed by atoms with Crippen LogP contribution in [-0.4, -0.2) is 23.9 Å². The SMILES string of the molecule is CC(C1CC1)N(C)C(=O)C1CC2CC2C1. The van der Waals surface area contributed by atoms with Crippen molar-refractivity contribution in [2.75, 3.05) is 7.05 Å². The number of hydrogen-bond donors (Lipinski definition) is 0. The maximum absolute atomic E-state index is 12.2. The van der Waals surface area contributed by atoms with Crippen LogP contribution in [0.1, 0.15) is 39.0 Å². The third kappa shape index (κ3) is 1.68. The number of fused-ring (bicyclic) bond motifs is 1. The van der Waals surface area contributed by atoms with E-state index in [2.05, 4.69) is 6.92 Å². The van der Waals surface area contributed by atoms with Crippen molar-refractivity contribution >= 4 is 5.91 Å². The zero-order chi connectivity index (χ0) is 10.6. The second-order valence-corrected chi connectivity index (χ2v) is 5.95. The Morgan fingerprint density at radius 1 is 1.20 bits per heavy atom. The number of carbonyl (C=O) groups is 1. The van der Waals surface area contributed by atoms with Crippen molar-refractivity contribution in [1.29, 1.82) is 0 Å². The maximum atomic E-state index is 12.2. The Labute approximate surface area is 92.0 Å². The first-order chi connectivity index (χ1) is 7.16. The zero-order valence-corrected chi connectivity index (χ0v) is 9.78. The van der Waals surface area contributed by atoms with Crippen LogP contribution in [0.2, 0.25) is 0 Å². The molecule has 3 aliphatic carbocycles. The molecule has 0 N–H and O–H groups in total. The number of nitrogens with zero attached hydrogens (tertiary/aromatic N) is 1. The van der Waals surface area contributed by atoms with E-state index in [1.807, 2.05) is 11.9 Å². The second-order valence-electron chi connectivity index (χ2n) is 5.95. The van der Waals surface area contributed by atoms with Crippen LogP contribution in [0, 0.1) is 23.7 Å². The molecular formula is C13H21NO. The fourth-order valence-corrected chi connectivity index (χ4v) is 3.30. The summed E-state index contributed by atoms with van der Waals surface area (Å²) in [4.78, 5) is 14.2. The standard InChI is InChI=1S/C13H21NO/c1-8(9-3-4-9)14(2)13(15)12-6-10-5-11(10)7-12/h8-12H,3-7H2,1-2H3. The molecule has 3 atom stereocenters. The van der Waals surface area contributed by atoms with Gasteiger partial charge in [-0.05, 0) is 56.8 Å². The van der Waals surface area contributed by atoms with E-state index in [0.29, 0.717) is 17.9 Å². The molecule has 3 unspecified atom stereocenters. The molecule has 1 amide bonds. The molecule has 3 rings (SSSR count). The van der Waals surface area contributed by atoms with Crippen LogP contribution in [-0.2, 0) is 4.79 Å². The summed E-state index contributed by atoms with van der Waals surface area (Å²) in [6.07, 6.45) is 6.44. The Balaban J connectivity index is 1.58. The Kier molecular flexibility index (Phi) is 2.08. The molecule has 2 heteroatoms. The van der Waals surface area contributed by atoms with Gasteiger partial charge in [-0.2, -0.15) is 0 Å².